The van der Waals surface area contributed by atoms with E-state index in [1.165, 1.54) is 51.4 Å². The second-order valence-electron chi connectivity index (χ2n) is 11.1. The molecule has 3 rings (SSSR count). The van der Waals surface area contributed by atoms with Crippen LogP contribution in [0.15, 0.2) is 0 Å². The Kier molecular flexibility index (Phi) is 6.46. The van der Waals surface area contributed by atoms with Crippen molar-refractivity contribution in [3.8, 4) is 0 Å². The number of rotatable bonds is 5. The number of hydrogen-bond donors (Lipinski definition) is 1. The Morgan fingerprint density at radius 3 is 2.44 bits per heavy atom. The van der Waals surface area contributed by atoms with Gasteiger partial charge in [-0.05, 0) is 99.2 Å². The lowest BCUT2D eigenvalue weighted by Gasteiger charge is -2.46. The van der Waals surface area contributed by atoms with Gasteiger partial charge in [0, 0.05) is 5.92 Å². The number of carbonyl (C=O) groups excluding carboxylic acids is 1. The van der Waals surface area contributed by atoms with Gasteiger partial charge in [-0.25, -0.2) is 0 Å². The fraction of sp³-hybridized carbons (Fsp3) is 0.960. The zero-order valence-corrected chi connectivity index (χ0v) is 18.6. The molecule has 0 amide bonds. The van der Waals surface area contributed by atoms with E-state index in [1.807, 2.05) is 6.92 Å². The van der Waals surface area contributed by atoms with Crippen LogP contribution in [0.3, 0.4) is 0 Å². The molecule has 0 spiro atoms. The van der Waals surface area contributed by atoms with Gasteiger partial charge in [-0.1, -0.05) is 40.5 Å². The summed E-state index contributed by atoms with van der Waals surface area (Å²) >= 11 is 0. The first-order valence-corrected chi connectivity index (χ1v) is 11.9. The van der Waals surface area contributed by atoms with E-state index < -0.39 is 0 Å². The summed E-state index contributed by atoms with van der Waals surface area (Å²) in [5.74, 6) is 3.83. The van der Waals surface area contributed by atoms with Crippen LogP contribution in [0.1, 0.15) is 105 Å². The Balaban J connectivity index is 1.83. The van der Waals surface area contributed by atoms with E-state index in [0.717, 1.165) is 42.9 Å². The van der Waals surface area contributed by atoms with Gasteiger partial charge in [-0.3, -0.25) is 4.79 Å². The van der Waals surface area contributed by atoms with Crippen LogP contribution in [0, 0.1) is 40.4 Å². The fourth-order valence-electron chi connectivity index (χ4n) is 7.91. The quantitative estimate of drug-likeness (QED) is 0.602. The van der Waals surface area contributed by atoms with Crippen molar-refractivity contribution in [2.45, 2.75) is 111 Å². The van der Waals surface area contributed by atoms with Gasteiger partial charge in [0.2, 0.25) is 0 Å². The summed E-state index contributed by atoms with van der Waals surface area (Å²) < 4.78 is 0. The molecule has 3 fully saturated rings. The summed E-state index contributed by atoms with van der Waals surface area (Å²) in [6.45, 7) is 11.5. The number of aliphatic hydroxyl groups is 1. The highest BCUT2D eigenvalue weighted by Crippen LogP contribution is 2.63. The summed E-state index contributed by atoms with van der Waals surface area (Å²) in [6, 6.07) is 0. The van der Waals surface area contributed by atoms with E-state index >= 15 is 0 Å². The number of carbonyl (C=O) groups is 1. The van der Waals surface area contributed by atoms with Gasteiger partial charge in [0.1, 0.15) is 5.78 Å². The Morgan fingerprint density at radius 1 is 1.04 bits per heavy atom. The maximum Gasteiger partial charge on any atom is 0.133 e. The third-order valence-electron chi connectivity index (χ3n) is 9.58. The molecule has 27 heavy (non-hydrogen) atoms. The van der Waals surface area contributed by atoms with Crippen LogP contribution in [-0.4, -0.2) is 17.0 Å². The minimum absolute atomic E-state index is 0.122. The molecule has 0 aromatic heterocycles. The second kappa shape index (κ2) is 8.17. The summed E-state index contributed by atoms with van der Waals surface area (Å²) in [4.78, 5) is 12.4. The van der Waals surface area contributed by atoms with E-state index in [-0.39, 0.29) is 11.5 Å². The summed E-state index contributed by atoms with van der Waals surface area (Å²) in [7, 11) is 0. The van der Waals surface area contributed by atoms with Crippen molar-refractivity contribution in [2.75, 3.05) is 0 Å². The van der Waals surface area contributed by atoms with Crippen molar-refractivity contribution >= 4 is 5.78 Å². The minimum atomic E-state index is -0.122. The first-order valence-electron chi connectivity index (χ1n) is 11.9. The van der Waals surface area contributed by atoms with Gasteiger partial charge in [0.05, 0.1) is 6.10 Å². The third-order valence-corrected chi connectivity index (χ3v) is 9.58. The molecule has 2 heteroatoms. The number of aliphatic hydroxyl groups excluding tert-OH is 1. The first kappa shape index (κ1) is 21.3. The van der Waals surface area contributed by atoms with Crippen LogP contribution in [0.25, 0.3) is 0 Å². The predicted molar refractivity (Wildman–Crippen MR) is 112 cm³/mol. The van der Waals surface area contributed by atoms with Crippen molar-refractivity contribution in [3.05, 3.63) is 0 Å². The van der Waals surface area contributed by atoms with Gasteiger partial charge >= 0.3 is 0 Å². The molecular formula is C25H44O2. The van der Waals surface area contributed by atoms with E-state index in [1.54, 1.807) is 0 Å². The molecular weight excluding hydrogens is 332 g/mol. The summed E-state index contributed by atoms with van der Waals surface area (Å²) in [5, 5.41) is 10.1. The standard InChI is InChI=1S/C25H44O2/c1-6-19(27)13-12-18-9-7-10-20-22(24(18,3)4)11-8-16-25(5)21(17(2)26)14-15-23(20)25/h18-23,27H,6-16H2,1-5H3. The maximum atomic E-state index is 12.4. The molecule has 1 N–H and O–H groups in total. The van der Waals surface area contributed by atoms with E-state index in [0.29, 0.717) is 17.1 Å². The maximum absolute atomic E-state index is 12.4. The molecule has 0 aliphatic heterocycles. The highest BCUT2D eigenvalue weighted by Gasteiger charge is 2.56. The summed E-state index contributed by atoms with van der Waals surface area (Å²) in [5.41, 5.74) is 0.605. The van der Waals surface area contributed by atoms with Crippen LogP contribution in [0.2, 0.25) is 0 Å². The SMILES string of the molecule is CCC(O)CCC1CCCC2C(CCCC3(C)C(C(C)=O)CCC23)C1(C)C. The second-order valence-corrected chi connectivity index (χ2v) is 11.1. The molecule has 0 bridgehead atoms. The van der Waals surface area contributed by atoms with Crippen LogP contribution >= 0.6 is 0 Å². The first-order chi connectivity index (χ1) is 12.7. The number of ketones is 1. The largest absolute Gasteiger partial charge is 0.393 e. The average molecular weight is 377 g/mol. The Labute approximate surface area is 167 Å². The van der Waals surface area contributed by atoms with E-state index in [9.17, 15) is 9.90 Å². The van der Waals surface area contributed by atoms with Gasteiger partial charge < -0.3 is 5.11 Å². The average Bonchev–Trinajstić information content (AvgIpc) is 2.80. The van der Waals surface area contributed by atoms with Gasteiger partial charge in [0.15, 0.2) is 0 Å². The van der Waals surface area contributed by atoms with Crippen LogP contribution in [-0.2, 0) is 4.79 Å². The van der Waals surface area contributed by atoms with Crippen molar-refractivity contribution in [1.82, 2.24) is 0 Å². The molecule has 7 unspecified atom stereocenters. The molecule has 0 aromatic rings. The molecule has 7 atom stereocenters. The Bertz CT molecular complexity index is 524. The lowest BCUT2D eigenvalue weighted by Crippen LogP contribution is -2.40. The smallest absolute Gasteiger partial charge is 0.133 e. The molecule has 3 aliphatic rings. The van der Waals surface area contributed by atoms with Gasteiger partial charge in [0.25, 0.3) is 0 Å². The lowest BCUT2D eigenvalue weighted by molar-refractivity contribution is -0.124. The number of hydrogen-bond acceptors (Lipinski definition) is 2. The summed E-state index contributed by atoms with van der Waals surface area (Å²) in [6.07, 6.45) is 13.3. The molecule has 3 aliphatic carbocycles. The predicted octanol–water partition coefficient (Wildman–Crippen LogP) is 6.40. The Morgan fingerprint density at radius 2 is 1.78 bits per heavy atom. The molecule has 156 valence electrons. The fourth-order valence-corrected chi connectivity index (χ4v) is 7.91. The van der Waals surface area contributed by atoms with Gasteiger partial charge in [-0.15, -0.1) is 0 Å². The molecule has 0 heterocycles. The monoisotopic (exact) mass is 376 g/mol. The Hall–Kier alpha value is -0.370. The molecule has 3 saturated carbocycles. The highest BCUT2D eigenvalue weighted by molar-refractivity contribution is 5.79. The molecule has 2 nitrogen and oxygen atoms in total. The zero-order chi connectivity index (χ0) is 19.8. The minimum Gasteiger partial charge on any atom is -0.393 e. The van der Waals surface area contributed by atoms with Crippen molar-refractivity contribution in [3.63, 3.8) is 0 Å². The van der Waals surface area contributed by atoms with E-state index in [4.69, 9.17) is 0 Å². The topological polar surface area (TPSA) is 37.3 Å². The molecule has 0 radical (unpaired) electrons. The lowest BCUT2D eigenvalue weighted by atomic mass is 9.59. The molecule has 0 aromatic carbocycles. The zero-order valence-electron chi connectivity index (χ0n) is 18.6. The number of Topliss-reactive ketones (excluding diaryl/α,β-unsaturated/α-hetero) is 1. The third kappa shape index (κ3) is 3.89. The van der Waals surface area contributed by atoms with Crippen LogP contribution < -0.4 is 0 Å². The molecule has 0 saturated heterocycles. The van der Waals surface area contributed by atoms with Crippen LogP contribution in [0.5, 0.6) is 0 Å². The highest BCUT2D eigenvalue weighted by atomic mass is 16.3. The van der Waals surface area contributed by atoms with Gasteiger partial charge in [-0.2, -0.15) is 0 Å². The van der Waals surface area contributed by atoms with Crippen molar-refractivity contribution in [2.24, 2.45) is 40.4 Å². The van der Waals surface area contributed by atoms with E-state index in [2.05, 4.69) is 27.7 Å². The normalized spacial score (nSPS) is 42.5. The van der Waals surface area contributed by atoms with Crippen molar-refractivity contribution in [1.29, 1.82) is 0 Å². The van der Waals surface area contributed by atoms with Crippen LogP contribution in [0.4, 0.5) is 0 Å². The van der Waals surface area contributed by atoms with Crippen molar-refractivity contribution < 1.29 is 9.90 Å². The number of fused-ring (bicyclic) bond motifs is 3.